The molecule has 136 valence electrons. The Morgan fingerprint density at radius 2 is 1.92 bits per heavy atom. The van der Waals surface area contributed by atoms with Crippen LogP contribution in [0.5, 0.6) is 11.5 Å². The number of benzene rings is 2. The maximum atomic E-state index is 13.6. The molecule has 2 rings (SSSR count). The van der Waals surface area contributed by atoms with Gasteiger partial charge < -0.3 is 14.2 Å². The number of hydrogen-bond donors (Lipinski definition) is 0. The predicted molar refractivity (Wildman–Crippen MR) is 95.3 cm³/mol. The van der Waals surface area contributed by atoms with Gasteiger partial charge in [-0.05, 0) is 36.4 Å². The van der Waals surface area contributed by atoms with Gasteiger partial charge in [-0.3, -0.25) is 4.79 Å². The quantitative estimate of drug-likeness (QED) is 0.415. The van der Waals surface area contributed by atoms with Crippen LogP contribution < -0.4 is 9.47 Å². The van der Waals surface area contributed by atoms with E-state index >= 15 is 0 Å². The van der Waals surface area contributed by atoms with Crippen molar-refractivity contribution >= 4 is 29.4 Å². The second-order valence-electron chi connectivity index (χ2n) is 5.07. The number of ketones is 1. The number of halogens is 2. The standard InChI is InChI=1S/C19H16ClFO5/c1-24-12-6-8-18(25-2)14(10-12)17(22)11-26-19(23)9-7-13-15(20)4-3-5-16(13)21/h3-10H,11H2,1-2H3/b9-7+. The maximum absolute atomic E-state index is 13.6. The second-order valence-corrected chi connectivity index (χ2v) is 5.47. The van der Waals surface area contributed by atoms with Gasteiger partial charge in [0.25, 0.3) is 0 Å². The average molecular weight is 379 g/mol. The molecule has 0 amide bonds. The average Bonchev–Trinajstić information content (AvgIpc) is 2.65. The predicted octanol–water partition coefficient (Wildman–Crippen LogP) is 3.94. The van der Waals surface area contributed by atoms with E-state index in [1.807, 2.05) is 0 Å². The summed E-state index contributed by atoms with van der Waals surface area (Å²) in [6, 6.07) is 8.87. The molecule has 0 saturated heterocycles. The van der Waals surface area contributed by atoms with Crippen LogP contribution in [-0.2, 0) is 9.53 Å². The molecule has 2 aromatic rings. The van der Waals surface area contributed by atoms with Crippen LogP contribution in [0, 0.1) is 5.82 Å². The first-order valence-electron chi connectivity index (χ1n) is 7.50. The zero-order valence-corrected chi connectivity index (χ0v) is 14.9. The van der Waals surface area contributed by atoms with E-state index in [9.17, 15) is 14.0 Å². The van der Waals surface area contributed by atoms with Crippen LogP contribution in [0.2, 0.25) is 5.02 Å². The lowest BCUT2D eigenvalue weighted by molar-refractivity contribution is -0.136. The van der Waals surface area contributed by atoms with Gasteiger partial charge >= 0.3 is 5.97 Å². The fraction of sp³-hybridized carbons (Fsp3) is 0.158. The summed E-state index contributed by atoms with van der Waals surface area (Å²) < 4.78 is 28.7. The van der Waals surface area contributed by atoms with Crippen molar-refractivity contribution in [2.24, 2.45) is 0 Å². The lowest BCUT2D eigenvalue weighted by Gasteiger charge is -2.09. The lowest BCUT2D eigenvalue weighted by Crippen LogP contribution is -2.13. The Bertz CT molecular complexity index is 828. The highest BCUT2D eigenvalue weighted by molar-refractivity contribution is 6.32. The third-order valence-corrected chi connectivity index (χ3v) is 3.77. The molecule has 7 heteroatoms. The van der Waals surface area contributed by atoms with Gasteiger partial charge in [0.05, 0.1) is 24.8 Å². The Hall–Kier alpha value is -2.86. The van der Waals surface area contributed by atoms with Crippen molar-refractivity contribution in [3.8, 4) is 11.5 Å². The molecule has 0 N–H and O–H groups in total. The summed E-state index contributed by atoms with van der Waals surface area (Å²) >= 11 is 5.86. The molecule has 0 saturated carbocycles. The highest BCUT2D eigenvalue weighted by Crippen LogP contribution is 2.24. The molecule has 0 atom stereocenters. The van der Waals surface area contributed by atoms with Gasteiger partial charge in [0, 0.05) is 11.6 Å². The van der Waals surface area contributed by atoms with E-state index in [-0.39, 0.29) is 16.1 Å². The van der Waals surface area contributed by atoms with Crippen LogP contribution in [0.1, 0.15) is 15.9 Å². The van der Waals surface area contributed by atoms with E-state index in [4.69, 9.17) is 25.8 Å². The molecular formula is C19H16ClFO5. The maximum Gasteiger partial charge on any atom is 0.331 e. The van der Waals surface area contributed by atoms with Crippen LogP contribution in [0.4, 0.5) is 4.39 Å². The number of rotatable bonds is 7. The van der Waals surface area contributed by atoms with Crippen molar-refractivity contribution < 1.29 is 28.2 Å². The third kappa shape index (κ3) is 4.83. The number of carbonyl (C=O) groups excluding carboxylic acids is 2. The zero-order chi connectivity index (χ0) is 19.1. The van der Waals surface area contributed by atoms with E-state index in [1.54, 1.807) is 12.1 Å². The monoisotopic (exact) mass is 378 g/mol. The van der Waals surface area contributed by atoms with Crippen molar-refractivity contribution in [1.29, 1.82) is 0 Å². The first-order valence-corrected chi connectivity index (χ1v) is 7.88. The van der Waals surface area contributed by atoms with Gasteiger partial charge in [-0.1, -0.05) is 17.7 Å². The summed E-state index contributed by atoms with van der Waals surface area (Å²) in [5.41, 5.74) is 0.285. The Balaban J connectivity index is 2.03. The molecule has 0 aliphatic heterocycles. The molecule has 0 fully saturated rings. The smallest absolute Gasteiger partial charge is 0.331 e. The second kappa shape index (κ2) is 9.01. The van der Waals surface area contributed by atoms with Crippen molar-refractivity contribution in [2.75, 3.05) is 20.8 Å². The molecule has 0 spiro atoms. The summed E-state index contributed by atoms with van der Waals surface area (Å²) in [7, 11) is 2.89. The fourth-order valence-corrected chi connectivity index (χ4v) is 2.34. The SMILES string of the molecule is COc1ccc(OC)c(C(=O)COC(=O)/C=C/c2c(F)cccc2Cl)c1. The first-order chi connectivity index (χ1) is 12.5. The minimum Gasteiger partial charge on any atom is -0.497 e. The summed E-state index contributed by atoms with van der Waals surface area (Å²) in [6.45, 7) is -0.502. The van der Waals surface area contributed by atoms with Crippen LogP contribution in [0.15, 0.2) is 42.5 Å². The molecule has 0 aromatic heterocycles. The van der Waals surface area contributed by atoms with E-state index in [0.29, 0.717) is 11.5 Å². The van der Waals surface area contributed by atoms with Crippen LogP contribution in [0.25, 0.3) is 6.08 Å². The van der Waals surface area contributed by atoms with E-state index in [1.165, 1.54) is 44.6 Å². The van der Waals surface area contributed by atoms with Gasteiger partial charge in [-0.25, -0.2) is 9.18 Å². The summed E-state index contributed by atoms with van der Waals surface area (Å²) in [6.07, 6.45) is 2.19. The van der Waals surface area contributed by atoms with Gasteiger partial charge in [-0.2, -0.15) is 0 Å². The highest BCUT2D eigenvalue weighted by Gasteiger charge is 2.15. The fourth-order valence-electron chi connectivity index (χ4n) is 2.12. The van der Waals surface area contributed by atoms with E-state index < -0.39 is 24.2 Å². The van der Waals surface area contributed by atoms with Crippen molar-refractivity contribution in [3.05, 3.63) is 64.4 Å². The van der Waals surface area contributed by atoms with Crippen LogP contribution >= 0.6 is 11.6 Å². The Morgan fingerprint density at radius 3 is 2.58 bits per heavy atom. The first kappa shape index (κ1) is 19.5. The number of carbonyl (C=O) groups is 2. The molecule has 5 nitrogen and oxygen atoms in total. The molecule has 0 aliphatic carbocycles. The van der Waals surface area contributed by atoms with Gasteiger partial charge in [0.1, 0.15) is 17.3 Å². The van der Waals surface area contributed by atoms with Crippen LogP contribution in [0.3, 0.4) is 0 Å². The zero-order valence-electron chi connectivity index (χ0n) is 14.1. The molecule has 0 aliphatic rings. The molecule has 0 heterocycles. The minimum atomic E-state index is -0.806. The van der Waals surface area contributed by atoms with E-state index in [2.05, 4.69) is 0 Å². The van der Waals surface area contributed by atoms with Crippen LogP contribution in [-0.4, -0.2) is 32.6 Å². The topological polar surface area (TPSA) is 61.8 Å². The normalized spacial score (nSPS) is 10.6. The van der Waals surface area contributed by atoms with E-state index in [0.717, 1.165) is 6.08 Å². The summed E-state index contributed by atoms with van der Waals surface area (Å²) in [5, 5.41) is 0.159. The van der Waals surface area contributed by atoms with Crippen molar-refractivity contribution in [1.82, 2.24) is 0 Å². The summed E-state index contributed by atoms with van der Waals surface area (Å²) in [5.74, 6) is -1.04. The summed E-state index contributed by atoms with van der Waals surface area (Å²) in [4.78, 5) is 24.0. The highest BCUT2D eigenvalue weighted by atomic mass is 35.5. The number of hydrogen-bond acceptors (Lipinski definition) is 5. The molecule has 0 radical (unpaired) electrons. The van der Waals surface area contributed by atoms with Crippen molar-refractivity contribution in [3.63, 3.8) is 0 Å². The minimum absolute atomic E-state index is 0.0620. The molecular weight excluding hydrogens is 363 g/mol. The number of methoxy groups -OCH3 is 2. The van der Waals surface area contributed by atoms with Crippen molar-refractivity contribution in [2.45, 2.75) is 0 Å². The number of esters is 1. The molecule has 2 aromatic carbocycles. The molecule has 0 bridgehead atoms. The van der Waals surface area contributed by atoms with Gasteiger partial charge in [-0.15, -0.1) is 0 Å². The molecule has 26 heavy (non-hydrogen) atoms. The lowest BCUT2D eigenvalue weighted by atomic mass is 10.1. The Kier molecular flexibility index (Phi) is 6.74. The number of ether oxygens (including phenoxy) is 3. The Labute approximate surface area is 154 Å². The third-order valence-electron chi connectivity index (χ3n) is 3.44. The Morgan fingerprint density at radius 1 is 1.15 bits per heavy atom. The largest absolute Gasteiger partial charge is 0.497 e. The van der Waals surface area contributed by atoms with Gasteiger partial charge in [0.15, 0.2) is 6.61 Å². The molecule has 0 unspecified atom stereocenters. The number of Topliss-reactive ketones (excluding diaryl/α,β-unsaturated/α-hetero) is 1. The van der Waals surface area contributed by atoms with Gasteiger partial charge in [0.2, 0.25) is 5.78 Å².